The molecule has 1 aliphatic heterocycles. The molecule has 8 nitrogen and oxygen atoms in total. The normalized spacial score (nSPS) is 17.3. The Labute approximate surface area is 152 Å². The number of piperidine rings is 1. The molecule has 1 aliphatic rings. The number of rotatable bonds is 3. The first-order valence-electron chi connectivity index (χ1n) is 8.10. The van der Waals surface area contributed by atoms with Crippen molar-refractivity contribution in [3.8, 4) is 11.4 Å². The van der Waals surface area contributed by atoms with Crippen LogP contribution < -0.4 is 5.32 Å². The number of nitrogens with one attached hydrogen (secondary N) is 1. The van der Waals surface area contributed by atoms with Crippen LogP contribution in [0.3, 0.4) is 0 Å². The van der Waals surface area contributed by atoms with E-state index in [0.29, 0.717) is 35.5 Å². The zero-order valence-electron chi connectivity index (χ0n) is 13.6. The smallest absolute Gasteiger partial charge is 0.323 e. The fraction of sp³-hybridized carbons (Fsp3) is 0.312. The number of halogens is 1. The zero-order chi connectivity index (χ0) is 17.9. The van der Waals surface area contributed by atoms with E-state index < -0.39 is 0 Å². The lowest BCUT2D eigenvalue weighted by Gasteiger charge is -2.30. The van der Waals surface area contributed by atoms with E-state index in [1.807, 2.05) is 0 Å². The van der Waals surface area contributed by atoms with Crippen molar-refractivity contribution in [1.82, 2.24) is 25.2 Å². The number of hydrogen-bond acceptors (Lipinski definition) is 7. The number of benzene rings is 1. The monoisotopic (exact) mass is 374 g/mol. The molecule has 10 heteroatoms. The average molecular weight is 374 g/mol. The number of hydrogen-bond donors (Lipinski definition) is 1. The molecular weight excluding hydrogens is 359 g/mol. The molecule has 0 bridgehead atoms. The second-order valence-corrected chi connectivity index (χ2v) is 6.76. The molecule has 0 spiro atoms. The second kappa shape index (κ2) is 7.16. The highest BCUT2D eigenvalue weighted by Gasteiger charge is 2.29. The average Bonchev–Trinajstić information content (AvgIpc) is 3.34. The van der Waals surface area contributed by atoms with Crippen molar-refractivity contribution in [3.63, 3.8) is 0 Å². The Morgan fingerprint density at radius 3 is 3.15 bits per heavy atom. The summed E-state index contributed by atoms with van der Waals surface area (Å²) in [7, 11) is 0. The van der Waals surface area contributed by atoms with Gasteiger partial charge in [0, 0.05) is 18.7 Å². The van der Waals surface area contributed by atoms with Crippen molar-refractivity contribution in [2.45, 2.75) is 18.8 Å². The zero-order valence-corrected chi connectivity index (χ0v) is 14.4. The van der Waals surface area contributed by atoms with Crippen molar-refractivity contribution in [2.75, 3.05) is 18.4 Å². The van der Waals surface area contributed by atoms with Crippen LogP contribution in [0, 0.1) is 5.82 Å². The molecule has 0 saturated carbocycles. The van der Waals surface area contributed by atoms with E-state index in [9.17, 15) is 9.18 Å². The van der Waals surface area contributed by atoms with Gasteiger partial charge in [0.15, 0.2) is 0 Å². The molecule has 0 radical (unpaired) electrons. The summed E-state index contributed by atoms with van der Waals surface area (Å²) < 4.78 is 18.7. The van der Waals surface area contributed by atoms with Gasteiger partial charge in [-0.2, -0.15) is 4.98 Å². The van der Waals surface area contributed by atoms with Crippen LogP contribution in [0.2, 0.25) is 0 Å². The van der Waals surface area contributed by atoms with Gasteiger partial charge in [-0.15, -0.1) is 10.2 Å². The third kappa shape index (κ3) is 3.54. The highest BCUT2D eigenvalue weighted by Crippen LogP contribution is 2.28. The van der Waals surface area contributed by atoms with Crippen LogP contribution >= 0.6 is 11.3 Å². The molecule has 1 atom stereocenters. The highest BCUT2D eigenvalue weighted by atomic mass is 32.1. The van der Waals surface area contributed by atoms with Gasteiger partial charge in [-0.25, -0.2) is 9.18 Å². The van der Waals surface area contributed by atoms with Crippen LogP contribution in [-0.2, 0) is 0 Å². The third-order valence-corrected chi connectivity index (χ3v) is 4.76. The van der Waals surface area contributed by atoms with Gasteiger partial charge < -0.3 is 9.42 Å². The molecule has 1 aromatic carbocycles. The molecule has 3 heterocycles. The summed E-state index contributed by atoms with van der Waals surface area (Å²) in [5, 5.41) is 14.6. The number of likely N-dealkylation sites (tertiary alicyclic amines) is 1. The van der Waals surface area contributed by atoms with Crippen LogP contribution in [0.25, 0.3) is 11.4 Å². The first-order chi connectivity index (χ1) is 12.7. The molecule has 2 aromatic heterocycles. The van der Waals surface area contributed by atoms with E-state index in [2.05, 4.69) is 25.7 Å². The van der Waals surface area contributed by atoms with Crippen LogP contribution in [0.5, 0.6) is 0 Å². The molecule has 1 unspecified atom stereocenters. The predicted molar refractivity (Wildman–Crippen MR) is 92.2 cm³/mol. The lowest BCUT2D eigenvalue weighted by Crippen LogP contribution is -2.41. The van der Waals surface area contributed by atoms with Crippen LogP contribution in [0.15, 0.2) is 34.3 Å². The Bertz CT molecular complexity index is 900. The van der Waals surface area contributed by atoms with Crippen LogP contribution in [0.4, 0.5) is 14.3 Å². The Morgan fingerprint density at radius 1 is 1.42 bits per heavy atom. The fourth-order valence-electron chi connectivity index (χ4n) is 2.91. The number of amides is 2. The number of carbonyl (C=O) groups is 1. The lowest BCUT2D eigenvalue weighted by molar-refractivity contribution is 0.184. The second-order valence-electron chi connectivity index (χ2n) is 5.93. The summed E-state index contributed by atoms with van der Waals surface area (Å²) >= 11 is 1.26. The molecule has 4 rings (SSSR count). The Hall–Kier alpha value is -2.88. The molecule has 26 heavy (non-hydrogen) atoms. The Balaban J connectivity index is 1.45. The van der Waals surface area contributed by atoms with Gasteiger partial charge in [-0.3, -0.25) is 5.32 Å². The third-order valence-electron chi connectivity index (χ3n) is 4.16. The number of anilines is 1. The maximum atomic E-state index is 13.4. The van der Waals surface area contributed by atoms with E-state index in [0.717, 1.165) is 12.8 Å². The molecule has 0 aliphatic carbocycles. The fourth-order valence-corrected chi connectivity index (χ4v) is 3.34. The first-order valence-corrected chi connectivity index (χ1v) is 8.98. The van der Waals surface area contributed by atoms with Crippen molar-refractivity contribution in [2.24, 2.45) is 0 Å². The van der Waals surface area contributed by atoms with Crippen LogP contribution in [0.1, 0.15) is 24.7 Å². The SMILES string of the molecule is O=C(Nc1nncs1)N1CCCC(c2nc(-c3cccc(F)c3)no2)C1. The standard InChI is InChI=1S/C16H15FN6O2S/c17-12-5-1-3-10(7-12)13-19-14(25-22-13)11-4-2-6-23(8-11)16(24)20-15-21-18-9-26-15/h1,3,5,7,9,11H,2,4,6,8H2,(H,20,21,24). The summed E-state index contributed by atoms with van der Waals surface area (Å²) in [4.78, 5) is 18.4. The Morgan fingerprint density at radius 2 is 2.35 bits per heavy atom. The number of nitrogens with zero attached hydrogens (tertiary/aromatic N) is 5. The largest absolute Gasteiger partial charge is 0.339 e. The van der Waals surface area contributed by atoms with Gasteiger partial charge in [0.25, 0.3) is 0 Å². The number of urea groups is 1. The van der Waals surface area contributed by atoms with E-state index in [4.69, 9.17) is 4.52 Å². The first kappa shape index (κ1) is 16.6. The minimum atomic E-state index is -0.356. The number of aromatic nitrogens is 4. The van der Waals surface area contributed by atoms with Crippen molar-refractivity contribution >= 4 is 22.5 Å². The topological polar surface area (TPSA) is 97.0 Å². The van der Waals surface area contributed by atoms with Gasteiger partial charge in [0.05, 0.1) is 5.92 Å². The van der Waals surface area contributed by atoms with Crippen molar-refractivity contribution < 1.29 is 13.7 Å². The molecular formula is C16H15FN6O2S. The molecule has 1 saturated heterocycles. The van der Waals surface area contributed by atoms with E-state index >= 15 is 0 Å². The quantitative estimate of drug-likeness (QED) is 0.756. The van der Waals surface area contributed by atoms with Gasteiger partial charge in [0.2, 0.25) is 16.8 Å². The molecule has 1 N–H and O–H groups in total. The van der Waals surface area contributed by atoms with Gasteiger partial charge in [-0.1, -0.05) is 28.6 Å². The minimum absolute atomic E-state index is 0.0567. The van der Waals surface area contributed by atoms with E-state index in [-0.39, 0.29) is 17.8 Å². The minimum Gasteiger partial charge on any atom is -0.339 e. The van der Waals surface area contributed by atoms with E-state index in [1.54, 1.807) is 22.5 Å². The molecule has 1 fully saturated rings. The van der Waals surface area contributed by atoms with Crippen molar-refractivity contribution in [1.29, 1.82) is 0 Å². The maximum absolute atomic E-state index is 13.4. The highest BCUT2D eigenvalue weighted by molar-refractivity contribution is 7.13. The van der Waals surface area contributed by atoms with E-state index in [1.165, 1.54) is 23.5 Å². The Kier molecular flexibility index (Phi) is 4.57. The van der Waals surface area contributed by atoms with Crippen LogP contribution in [-0.4, -0.2) is 44.4 Å². The summed E-state index contributed by atoms with van der Waals surface area (Å²) in [6.07, 6.45) is 1.67. The maximum Gasteiger partial charge on any atom is 0.323 e. The summed E-state index contributed by atoms with van der Waals surface area (Å²) in [5.74, 6) is 0.386. The van der Waals surface area contributed by atoms with Gasteiger partial charge in [-0.05, 0) is 25.0 Å². The molecule has 134 valence electrons. The molecule has 3 aromatic rings. The van der Waals surface area contributed by atoms with Gasteiger partial charge >= 0.3 is 6.03 Å². The molecule has 2 amide bonds. The predicted octanol–water partition coefficient (Wildman–Crippen LogP) is 3.14. The summed E-state index contributed by atoms with van der Waals surface area (Å²) in [6.45, 7) is 1.11. The number of carbonyl (C=O) groups excluding carboxylic acids is 1. The summed E-state index contributed by atoms with van der Waals surface area (Å²) in [6, 6.07) is 5.81. The lowest BCUT2D eigenvalue weighted by atomic mass is 9.98. The van der Waals surface area contributed by atoms with Gasteiger partial charge in [0.1, 0.15) is 11.3 Å². The van der Waals surface area contributed by atoms with Crippen molar-refractivity contribution in [3.05, 3.63) is 41.5 Å². The summed E-state index contributed by atoms with van der Waals surface area (Å²) in [5.41, 5.74) is 2.11.